The van der Waals surface area contributed by atoms with Gasteiger partial charge in [-0.3, -0.25) is 9.59 Å². The highest BCUT2D eigenvalue weighted by atomic mass is 32.2. The van der Waals surface area contributed by atoms with Crippen molar-refractivity contribution in [3.05, 3.63) is 48.0 Å². The van der Waals surface area contributed by atoms with Crippen molar-refractivity contribution in [2.45, 2.75) is 17.9 Å². The van der Waals surface area contributed by atoms with Crippen LogP contribution in [0.3, 0.4) is 0 Å². The Balaban J connectivity index is 1.45. The Bertz CT molecular complexity index is 1110. The van der Waals surface area contributed by atoms with Crippen LogP contribution < -0.4 is 14.8 Å². The van der Waals surface area contributed by atoms with E-state index in [1.807, 2.05) is 0 Å². The van der Waals surface area contributed by atoms with Crippen LogP contribution in [-0.2, 0) is 14.8 Å². The monoisotopic (exact) mass is 445 g/mol. The predicted octanol–water partition coefficient (Wildman–Crippen LogP) is 1.56. The number of carbonyl (C=O) groups is 2. The third kappa shape index (κ3) is 4.08. The number of benzene rings is 2. The molecule has 0 bridgehead atoms. The van der Waals surface area contributed by atoms with Crippen molar-refractivity contribution in [1.82, 2.24) is 9.21 Å². The molecule has 1 fully saturated rings. The van der Waals surface area contributed by atoms with Gasteiger partial charge in [-0.2, -0.15) is 4.31 Å². The van der Waals surface area contributed by atoms with Gasteiger partial charge in [0.15, 0.2) is 6.10 Å². The van der Waals surface area contributed by atoms with Crippen LogP contribution in [0, 0.1) is 0 Å². The van der Waals surface area contributed by atoms with Gasteiger partial charge < -0.3 is 19.7 Å². The van der Waals surface area contributed by atoms with Gasteiger partial charge in [0.1, 0.15) is 11.5 Å². The van der Waals surface area contributed by atoms with Gasteiger partial charge in [-0.15, -0.1) is 0 Å². The van der Waals surface area contributed by atoms with E-state index >= 15 is 0 Å². The average molecular weight is 445 g/mol. The van der Waals surface area contributed by atoms with E-state index in [4.69, 9.17) is 9.47 Å². The van der Waals surface area contributed by atoms with Gasteiger partial charge >= 0.3 is 0 Å². The molecule has 0 radical (unpaired) electrons. The van der Waals surface area contributed by atoms with E-state index in [0.29, 0.717) is 22.7 Å². The summed E-state index contributed by atoms with van der Waals surface area (Å²) in [6, 6.07) is 11.2. The first-order chi connectivity index (χ1) is 14.8. The molecule has 0 spiro atoms. The minimum absolute atomic E-state index is 0.0691. The van der Waals surface area contributed by atoms with Gasteiger partial charge in [0.2, 0.25) is 10.0 Å². The lowest BCUT2D eigenvalue weighted by molar-refractivity contribution is -0.122. The van der Waals surface area contributed by atoms with Crippen molar-refractivity contribution < 1.29 is 27.5 Å². The van der Waals surface area contributed by atoms with Crippen molar-refractivity contribution >= 4 is 27.5 Å². The van der Waals surface area contributed by atoms with Crippen LogP contribution in [0.25, 0.3) is 0 Å². The summed E-state index contributed by atoms with van der Waals surface area (Å²) in [6.45, 7) is 2.55. The Morgan fingerprint density at radius 3 is 2.42 bits per heavy atom. The van der Waals surface area contributed by atoms with Crippen molar-refractivity contribution in [3.8, 4) is 11.5 Å². The summed E-state index contributed by atoms with van der Waals surface area (Å²) in [6.07, 6.45) is -0.633. The predicted molar refractivity (Wildman–Crippen MR) is 113 cm³/mol. The molecule has 2 aliphatic rings. The van der Waals surface area contributed by atoms with Gasteiger partial charge in [-0.05, 0) is 49.4 Å². The van der Waals surface area contributed by atoms with Crippen LogP contribution in [0.1, 0.15) is 17.3 Å². The summed E-state index contributed by atoms with van der Waals surface area (Å²) >= 11 is 0. The summed E-state index contributed by atoms with van der Waals surface area (Å²) in [7, 11) is -2.22. The standard InChI is InChI=1S/C21H23N3O6S/c1-14-20(25)22-18-13-17(7-8-19(18)30-14)31(27,28)24-11-9-23(10-12-24)21(26)15-3-5-16(29-2)6-4-15/h3-8,13-14H,9-12H2,1-2H3,(H,22,25)/t14-/m1/s1. The Morgan fingerprint density at radius 1 is 1.10 bits per heavy atom. The van der Waals surface area contributed by atoms with Crippen LogP contribution in [0.15, 0.2) is 47.4 Å². The van der Waals surface area contributed by atoms with Crippen molar-refractivity contribution in [2.75, 3.05) is 38.6 Å². The second kappa shape index (κ2) is 8.20. The summed E-state index contributed by atoms with van der Waals surface area (Å²) in [4.78, 5) is 26.2. The minimum atomic E-state index is -3.78. The number of methoxy groups -OCH3 is 1. The van der Waals surface area contributed by atoms with Crippen LogP contribution in [0.5, 0.6) is 11.5 Å². The summed E-state index contributed by atoms with van der Waals surface area (Å²) in [5.74, 6) is 0.615. The topological polar surface area (TPSA) is 105 Å². The van der Waals surface area contributed by atoms with E-state index < -0.39 is 16.1 Å². The van der Waals surface area contributed by atoms with E-state index in [0.717, 1.165) is 0 Å². The Kier molecular flexibility index (Phi) is 5.59. The van der Waals surface area contributed by atoms with Crippen LogP contribution in [0.2, 0.25) is 0 Å². The molecule has 0 aliphatic carbocycles. The molecule has 2 aromatic rings. The van der Waals surface area contributed by atoms with E-state index in [9.17, 15) is 18.0 Å². The molecule has 164 valence electrons. The number of amides is 2. The lowest BCUT2D eigenvalue weighted by atomic mass is 10.2. The summed E-state index contributed by atoms with van der Waals surface area (Å²) in [5.41, 5.74) is 0.856. The number of fused-ring (bicyclic) bond motifs is 1. The van der Waals surface area contributed by atoms with E-state index in [1.54, 1.807) is 49.3 Å². The Morgan fingerprint density at radius 2 is 1.77 bits per heavy atom. The molecule has 1 atom stereocenters. The first-order valence-electron chi connectivity index (χ1n) is 9.84. The fraction of sp³-hybridized carbons (Fsp3) is 0.333. The maximum atomic E-state index is 13.1. The number of piperazine rings is 1. The molecule has 2 aromatic carbocycles. The minimum Gasteiger partial charge on any atom is -0.497 e. The highest BCUT2D eigenvalue weighted by Gasteiger charge is 2.32. The van der Waals surface area contributed by atoms with Gasteiger partial charge in [-0.25, -0.2) is 8.42 Å². The molecule has 9 nitrogen and oxygen atoms in total. The molecule has 10 heteroatoms. The van der Waals surface area contributed by atoms with E-state index in [1.165, 1.54) is 16.4 Å². The van der Waals surface area contributed by atoms with Crippen molar-refractivity contribution in [1.29, 1.82) is 0 Å². The SMILES string of the molecule is COc1ccc(C(=O)N2CCN(S(=O)(=O)c3ccc4c(c3)NC(=O)[C@@H](C)O4)CC2)cc1. The molecular formula is C21H23N3O6S. The molecule has 2 aliphatic heterocycles. The van der Waals surface area contributed by atoms with Crippen LogP contribution in [-0.4, -0.2) is 68.8 Å². The van der Waals surface area contributed by atoms with Gasteiger partial charge in [0.25, 0.3) is 11.8 Å². The third-order valence-electron chi connectivity index (χ3n) is 5.38. The van der Waals surface area contributed by atoms with Crippen LogP contribution >= 0.6 is 0 Å². The third-order valence-corrected chi connectivity index (χ3v) is 7.28. The molecule has 0 saturated carbocycles. The number of anilines is 1. The zero-order valence-electron chi connectivity index (χ0n) is 17.2. The first-order valence-corrected chi connectivity index (χ1v) is 11.3. The number of hydrogen-bond donors (Lipinski definition) is 1. The number of hydrogen-bond acceptors (Lipinski definition) is 6. The number of sulfonamides is 1. The number of nitrogens with zero attached hydrogens (tertiary/aromatic N) is 2. The molecule has 1 saturated heterocycles. The Hall–Kier alpha value is -3.11. The fourth-order valence-electron chi connectivity index (χ4n) is 3.55. The van der Waals surface area contributed by atoms with Gasteiger partial charge in [0.05, 0.1) is 17.7 Å². The zero-order chi connectivity index (χ0) is 22.2. The number of rotatable bonds is 4. The summed E-state index contributed by atoms with van der Waals surface area (Å²) < 4.78 is 38.1. The highest BCUT2D eigenvalue weighted by Crippen LogP contribution is 2.33. The lowest BCUT2D eigenvalue weighted by Crippen LogP contribution is -2.50. The molecule has 31 heavy (non-hydrogen) atoms. The largest absolute Gasteiger partial charge is 0.497 e. The highest BCUT2D eigenvalue weighted by molar-refractivity contribution is 7.89. The smallest absolute Gasteiger partial charge is 0.265 e. The maximum absolute atomic E-state index is 13.1. The molecule has 4 rings (SSSR count). The maximum Gasteiger partial charge on any atom is 0.265 e. The van der Waals surface area contributed by atoms with Gasteiger partial charge in [-0.1, -0.05) is 0 Å². The number of nitrogens with one attached hydrogen (secondary N) is 1. The molecule has 0 aromatic heterocycles. The number of carbonyl (C=O) groups excluding carboxylic acids is 2. The van der Waals surface area contributed by atoms with Crippen molar-refractivity contribution in [3.63, 3.8) is 0 Å². The molecular weight excluding hydrogens is 422 g/mol. The number of ether oxygens (including phenoxy) is 2. The quantitative estimate of drug-likeness (QED) is 0.766. The second-order valence-electron chi connectivity index (χ2n) is 7.33. The van der Waals surface area contributed by atoms with Gasteiger partial charge in [0, 0.05) is 31.7 Å². The van der Waals surface area contributed by atoms with E-state index in [2.05, 4.69) is 5.32 Å². The van der Waals surface area contributed by atoms with Crippen molar-refractivity contribution in [2.24, 2.45) is 0 Å². The normalized spacial score (nSPS) is 19.2. The zero-order valence-corrected chi connectivity index (χ0v) is 18.0. The van der Waals surface area contributed by atoms with Crippen LogP contribution in [0.4, 0.5) is 5.69 Å². The average Bonchev–Trinajstić information content (AvgIpc) is 2.79. The Labute approximate surface area is 180 Å². The summed E-state index contributed by atoms with van der Waals surface area (Å²) in [5, 5.41) is 2.66. The second-order valence-corrected chi connectivity index (χ2v) is 9.27. The molecule has 2 heterocycles. The lowest BCUT2D eigenvalue weighted by Gasteiger charge is -2.34. The first kappa shape index (κ1) is 21.1. The molecule has 2 amide bonds. The molecule has 0 unspecified atom stereocenters. The van der Waals surface area contributed by atoms with E-state index in [-0.39, 0.29) is 42.9 Å². The fourth-order valence-corrected chi connectivity index (χ4v) is 4.99. The molecule has 1 N–H and O–H groups in total.